The van der Waals surface area contributed by atoms with Crippen LogP contribution in [0.25, 0.3) is 10.9 Å². The molecule has 148 valence electrons. The standard InChI is InChI=1S/C21H21FN6O/c22-15-7-17(9-24)28(11-15)21(29)13-27-5-4-16(12-27)26-20-3-1-2-19-18(20)6-14(8-23)10-25-19/h1-3,6,10,15-17,26H,4-5,7,11-13H2/t15-,16-,17-/m0/s1. The number of hydrogen-bond donors (Lipinski definition) is 1. The number of carbonyl (C=O) groups is 1. The van der Waals surface area contributed by atoms with Gasteiger partial charge in [-0.3, -0.25) is 14.7 Å². The first-order valence-corrected chi connectivity index (χ1v) is 9.68. The summed E-state index contributed by atoms with van der Waals surface area (Å²) in [4.78, 5) is 20.3. The van der Waals surface area contributed by atoms with Crippen LogP contribution in [0.15, 0.2) is 30.5 Å². The fourth-order valence-corrected chi connectivity index (χ4v) is 4.11. The molecule has 1 aromatic heterocycles. The topological polar surface area (TPSA) is 96.1 Å². The number of fused-ring (bicyclic) bond motifs is 1. The average Bonchev–Trinajstić information content (AvgIpc) is 3.33. The lowest BCUT2D eigenvalue weighted by Gasteiger charge is -2.23. The number of nitrogens with zero attached hydrogens (tertiary/aromatic N) is 5. The van der Waals surface area contributed by atoms with Crippen LogP contribution in [0.3, 0.4) is 0 Å². The number of likely N-dealkylation sites (tertiary alicyclic amines) is 2. The minimum absolute atomic E-state index is 0.0107. The van der Waals surface area contributed by atoms with Gasteiger partial charge < -0.3 is 10.2 Å². The van der Waals surface area contributed by atoms with Crippen molar-refractivity contribution in [3.8, 4) is 12.1 Å². The van der Waals surface area contributed by atoms with Crippen molar-refractivity contribution in [2.24, 2.45) is 0 Å². The Morgan fingerprint density at radius 2 is 2.21 bits per heavy atom. The van der Waals surface area contributed by atoms with E-state index in [9.17, 15) is 9.18 Å². The molecule has 2 fully saturated rings. The maximum atomic E-state index is 13.6. The highest BCUT2D eigenvalue weighted by molar-refractivity contribution is 5.92. The molecule has 0 spiro atoms. The molecule has 3 atom stereocenters. The number of hydrogen-bond acceptors (Lipinski definition) is 6. The van der Waals surface area contributed by atoms with E-state index >= 15 is 0 Å². The Hall–Kier alpha value is -3.23. The summed E-state index contributed by atoms with van der Waals surface area (Å²) in [5.74, 6) is -0.189. The first-order chi connectivity index (χ1) is 14.1. The summed E-state index contributed by atoms with van der Waals surface area (Å²) in [7, 11) is 0. The van der Waals surface area contributed by atoms with E-state index in [-0.39, 0.29) is 31.5 Å². The molecule has 4 rings (SSSR count). The second-order valence-corrected chi connectivity index (χ2v) is 7.60. The van der Waals surface area contributed by atoms with Crippen LogP contribution in [-0.2, 0) is 4.79 Å². The predicted molar refractivity (Wildman–Crippen MR) is 106 cm³/mol. The Balaban J connectivity index is 1.40. The third-order valence-electron chi connectivity index (χ3n) is 5.57. The van der Waals surface area contributed by atoms with Crippen molar-refractivity contribution in [3.05, 3.63) is 36.0 Å². The second-order valence-electron chi connectivity index (χ2n) is 7.60. The lowest BCUT2D eigenvalue weighted by molar-refractivity contribution is -0.132. The molecule has 2 aromatic rings. The molecule has 0 unspecified atom stereocenters. The summed E-state index contributed by atoms with van der Waals surface area (Å²) < 4.78 is 13.6. The van der Waals surface area contributed by atoms with Crippen LogP contribution in [0.4, 0.5) is 10.1 Å². The van der Waals surface area contributed by atoms with Gasteiger partial charge in [0.25, 0.3) is 0 Å². The smallest absolute Gasteiger partial charge is 0.237 e. The van der Waals surface area contributed by atoms with E-state index in [1.165, 1.54) is 4.90 Å². The molecule has 1 amide bonds. The van der Waals surface area contributed by atoms with Crippen molar-refractivity contribution in [3.63, 3.8) is 0 Å². The molecule has 2 aliphatic rings. The quantitative estimate of drug-likeness (QED) is 0.856. The number of nitrogens with one attached hydrogen (secondary N) is 1. The molecule has 3 heterocycles. The van der Waals surface area contributed by atoms with Crippen LogP contribution in [0, 0.1) is 22.7 Å². The first kappa shape index (κ1) is 19.1. The third kappa shape index (κ3) is 3.98. The second kappa shape index (κ2) is 8.02. The molecule has 8 heteroatoms. The molecular weight excluding hydrogens is 371 g/mol. The summed E-state index contributed by atoms with van der Waals surface area (Å²) in [6, 6.07) is 11.2. The molecule has 1 aromatic carbocycles. The maximum Gasteiger partial charge on any atom is 0.237 e. The number of halogens is 1. The first-order valence-electron chi connectivity index (χ1n) is 9.68. The van der Waals surface area contributed by atoms with Crippen LogP contribution >= 0.6 is 0 Å². The zero-order valence-electron chi connectivity index (χ0n) is 15.9. The molecule has 7 nitrogen and oxygen atoms in total. The van der Waals surface area contributed by atoms with Gasteiger partial charge in [0, 0.05) is 42.8 Å². The average molecular weight is 392 g/mol. The lowest BCUT2D eigenvalue weighted by Crippen LogP contribution is -2.42. The van der Waals surface area contributed by atoms with E-state index in [1.807, 2.05) is 35.2 Å². The monoisotopic (exact) mass is 392 g/mol. The van der Waals surface area contributed by atoms with Crippen molar-refractivity contribution < 1.29 is 9.18 Å². The highest BCUT2D eigenvalue weighted by Crippen LogP contribution is 2.26. The molecule has 0 aliphatic carbocycles. The van der Waals surface area contributed by atoms with Crippen LogP contribution in [0.2, 0.25) is 0 Å². The number of anilines is 1. The number of nitriles is 2. The summed E-state index contributed by atoms with van der Waals surface area (Å²) in [6.07, 6.45) is 1.41. The predicted octanol–water partition coefficient (Wildman–Crippen LogP) is 2.06. The number of pyridine rings is 1. The van der Waals surface area contributed by atoms with Crippen molar-refractivity contribution >= 4 is 22.5 Å². The van der Waals surface area contributed by atoms with E-state index < -0.39 is 12.2 Å². The number of aromatic nitrogens is 1. The Morgan fingerprint density at radius 3 is 3.00 bits per heavy atom. The highest BCUT2D eigenvalue weighted by Gasteiger charge is 2.36. The van der Waals surface area contributed by atoms with Crippen molar-refractivity contribution in [1.29, 1.82) is 10.5 Å². The normalized spacial score (nSPS) is 24.4. The largest absolute Gasteiger partial charge is 0.380 e. The zero-order chi connectivity index (χ0) is 20.4. The van der Waals surface area contributed by atoms with Gasteiger partial charge in [-0.15, -0.1) is 0 Å². The van der Waals surface area contributed by atoms with E-state index in [2.05, 4.69) is 16.4 Å². The van der Waals surface area contributed by atoms with Crippen LogP contribution in [-0.4, -0.2) is 65.1 Å². The maximum absolute atomic E-state index is 13.6. The highest BCUT2D eigenvalue weighted by atomic mass is 19.1. The summed E-state index contributed by atoms with van der Waals surface area (Å²) >= 11 is 0. The van der Waals surface area contributed by atoms with Crippen molar-refractivity contribution in [1.82, 2.24) is 14.8 Å². The fourth-order valence-electron chi connectivity index (χ4n) is 4.11. The SMILES string of the molecule is N#Cc1cnc2cccc(N[C@H]3CCN(CC(=O)N4C[C@@H](F)C[C@H]4C#N)C3)c2c1. The number of rotatable bonds is 4. The van der Waals surface area contributed by atoms with Crippen LogP contribution in [0.5, 0.6) is 0 Å². The van der Waals surface area contributed by atoms with E-state index in [0.29, 0.717) is 12.1 Å². The summed E-state index contributed by atoms with van der Waals surface area (Å²) in [5, 5.41) is 22.7. The third-order valence-corrected chi connectivity index (χ3v) is 5.57. The Bertz CT molecular complexity index is 1010. The molecule has 2 aliphatic heterocycles. The van der Waals surface area contributed by atoms with Crippen molar-refractivity contribution in [2.45, 2.75) is 31.1 Å². The number of amides is 1. The van der Waals surface area contributed by atoms with Gasteiger partial charge >= 0.3 is 0 Å². The Labute approximate surface area is 168 Å². The van der Waals surface area contributed by atoms with Crippen LogP contribution in [0.1, 0.15) is 18.4 Å². The summed E-state index contributed by atoms with van der Waals surface area (Å²) in [5.41, 5.74) is 2.24. The molecular formula is C21H21FN6O. The van der Waals surface area contributed by atoms with Gasteiger partial charge in [-0.05, 0) is 24.6 Å². The van der Waals surface area contributed by atoms with Gasteiger partial charge in [0.1, 0.15) is 18.3 Å². The van der Waals surface area contributed by atoms with Gasteiger partial charge in [-0.25, -0.2) is 4.39 Å². The van der Waals surface area contributed by atoms with Gasteiger partial charge in [0.05, 0.1) is 30.2 Å². The molecule has 0 saturated carbocycles. The molecule has 2 saturated heterocycles. The van der Waals surface area contributed by atoms with Gasteiger partial charge in [0.15, 0.2) is 0 Å². The van der Waals surface area contributed by atoms with Crippen molar-refractivity contribution in [2.75, 3.05) is 31.5 Å². The number of alkyl halides is 1. The molecule has 0 bridgehead atoms. The number of benzene rings is 1. The Morgan fingerprint density at radius 1 is 1.34 bits per heavy atom. The molecule has 29 heavy (non-hydrogen) atoms. The summed E-state index contributed by atoms with van der Waals surface area (Å²) in [6.45, 7) is 1.63. The van der Waals surface area contributed by atoms with E-state index in [1.54, 1.807) is 6.20 Å². The minimum Gasteiger partial charge on any atom is -0.380 e. The van der Waals surface area contributed by atoms with Gasteiger partial charge in [0.2, 0.25) is 5.91 Å². The van der Waals surface area contributed by atoms with Gasteiger partial charge in [-0.1, -0.05) is 6.07 Å². The fraction of sp³-hybridized carbons (Fsp3) is 0.429. The van der Waals surface area contributed by atoms with E-state index in [4.69, 9.17) is 10.5 Å². The zero-order valence-corrected chi connectivity index (χ0v) is 15.9. The minimum atomic E-state index is -1.12. The molecule has 1 N–H and O–H groups in total. The molecule has 0 radical (unpaired) electrons. The Kier molecular flexibility index (Phi) is 5.28. The van der Waals surface area contributed by atoms with E-state index in [0.717, 1.165) is 29.6 Å². The number of carbonyl (C=O) groups excluding carboxylic acids is 1. The lowest BCUT2D eigenvalue weighted by atomic mass is 10.1. The van der Waals surface area contributed by atoms with Gasteiger partial charge in [-0.2, -0.15) is 10.5 Å². The van der Waals surface area contributed by atoms with Crippen LogP contribution < -0.4 is 5.32 Å².